The number of rotatable bonds is 3. The maximum Gasteiger partial charge on any atom is 0.126 e. The van der Waals surface area contributed by atoms with Gasteiger partial charge in [0.1, 0.15) is 5.82 Å². The minimum absolute atomic E-state index is 0.0394. The number of nitrogens with two attached hydrogens (primary N) is 1. The number of benzene rings is 2. The van der Waals surface area contributed by atoms with Gasteiger partial charge >= 0.3 is 0 Å². The van der Waals surface area contributed by atoms with Gasteiger partial charge in [0.25, 0.3) is 0 Å². The van der Waals surface area contributed by atoms with E-state index in [1.54, 1.807) is 6.07 Å². The molecule has 2 rings (SSSR count). The van der Waals surface area contributed by atoms with E-state index >= 15 is 0 Å². The third kappa shape index (κ3) is 2.92. The van der Waals surface area contributed by atoms with Gasteiger partial charge in [-0.05, 0) is 29.7 Å². The van der Waals surface area contributed by atoms with Crippen molar-refractivity contribution in [3.63, 3.8) is 0 Å². The first-order valence-electron chi connectivity index (χ1n) is 5.74. The molecule has 0 amide bonds. The average molecular weight is 229 g/mol. The second kappa shape index (κ2) is 5.11. The standard InChI is InChI=1S/C15H16FN/c1-11(17)13-8-6-12(7-9-13)10-14-4-2-3-5-15(14)16/h2-9,11H,10,17H2,1H3. The molecule has 0 aliphatic carbocycles. The summed E-state index contributed by atoms with van der Waals surface area (Å²) in [6, 6.07) is 14.9. The minimum Gasteiger partial charge on any atom is -0.324 e. The summed E-state index contributed by atoms with van der Waals surface area (Å²) < 4.78 is 13.5. The molecular weight excluding hydrogens is 213 g/mol. The molecule has 1 unspecified atom stereocenters. The van der Waals surface area contributed by atoms with Crippen molar-refractivity contribution in [1.82, 2.24) is 0 Å². The molecule has 1 atom stereocenters. The van der Waals surface area contributed by atoms with E-state index < -0.39 is 0 Å². The maximum atomic E-state index is 13.5. The zero-order valence-electron chi connectivity index (χ0n) is 9.86. The number of hydrogen-bond acceptors (Lipinski definition) is 1. The van der Waals surface area contributed by atoms with Crippen LogP contribution in [0.2, 0.25) is 0 Å². The van der Waals surface area contributed by atoms with Crippen LogP contribution in [0.15, 0.2) is 48.5 Å². The van der Waals surface area contributed by atoms with Crippen LogP contribution in [0.4, 0.5) is 4.39 Å². The van der Waals surface area contributed by atoms with E-state index in [-0.39, 0.29) is 11.9 Å². The fourth-order valence-electron chi connectivity index (χ4n) is 1.80. The van der Waals surface area contributed by atoms with Gasteiger partial charge in [-0.3, -0.25) is 0 Å². The van der Waals surface area contributed by atoms with Gasteiger partial charge in [0.2, 0.25) is 0 Å². The number of halogens is 1. The highest BCUT2D eigenvalue weighted by Gasteiger charge is 2.03. The highest BCUT2D eigenvalue weighted by atomic mass is 19.1. The van der Waals surface area contributed by atoms with E-state index in [9.17, 15) is 4.39 Å². The van der Waals surface area contributed by atoms with E-state index in [0.717, 1.165) is 16.7 Å². The first kappa shape index (κ1) is 11.8. The Labute approximate surface area is 101 Å². The quantitative estimate of drug-likeness (QED) is 0.857. The summed E-state index contributed by atoms with van der Waals surface area (Å²) in [5.41, 5.74) is 8.70. The minimum atomic E-state index is -0.149. The molecule has 0 aliphatic rings. The van der Waals surface area contributed by atoms with Crippen LogP contribution < -0.4 is 5.73 Å². The normalized spacial score (nSPS) is 12.4. The molecule has 2 N–H and O–H groups in total. The van der Waals surface area contributed by atoms with E-state index in [0.29, 0.717) is 6.42 Å². The van der Waals surface area contributed by atoms with E-state index in [4.69, 9.17) is 5.73 Å². The summed E-state index contributed by atoms with van der Waals surface area (Å²) in [4.78, 5) is 0. The third-order valence-corrected chi connectivity index (χ3v) is 2.86. The summed E-state index contributed by atoms with van der Waals surface area (Å²) in [5.74, 6) is -0.149. The third-order valence-electron chi connectivity index (χ3n) is 2.86. The summed E-state index contributed by atoms with van der Waals surface area (Å²) in [5, 5.41) is 0. The van der Waals surface area contributed by atoms with Crippen molar-refractivity contribution in [2.75, 3.05) is 0 Å². The summed E-state index contributed by atoms with van der Waals surface area (Å²) >= 11 is 0. The fourth-order valence-corrected chi connectivity index (χ4v) is 1.80. The molecule has 0 aliphatic heterocycles. The molecule has 2 aromatic carbocycles. The molecule has 0 fully saturated rings. The van der Waals surface area contributed by atoms with Crippen LogP contribution in [0, 0.1) is 5.82 Å². The van der Waals surface area contributed by atoms with Crippen LogP contribution >= 0.6 is 0 Å². The SMILES string of the molecule is CC(N)c1ccc(Cc2ccccc2F)cc1. The van der Waals surface area contributed by atoms with Crippen LogP contribution in [-0.4, -0.2) is 0 Å². The fraction of sp³-hybridized carbons (Fsp3) is 0.200. The van der Waals surface area contributed by atoms with Gasteiger partial charge in [-0.15, -0.1) is 0 Å². The van der Waals surface area contributed by atoms with Crippen molar-refractivity contribution < 1.29 is 4.39 Å². The molecule has 0 saturated carbocycles. The van der Waals surface area contributed by atoms with Gasteiger partial charge in [0.05, 0.1) is 0 Å². The lowest BCUT2D eigenvalue weighted by Gasteiger charge is -2.07. The van der Waals surface area contributed by atoms with Gasteiger partial charge in [-0.2, -0.15) is 0 Å². The molecule has 0 saturated heterocycles. The molecule has 0 bridgehead atoms. The predicted molar refractivity (Wildman–Crippen MR) is 68.3 cm³/mol. The van der Waals surface area contributed by atoms with Crippen molar-refractivity contribution in [3.8, 4) is 0 Å². The Balaban J connectivity index is 2.17. The van der Waals surface area contributed by atoms with Crippen molar-refractivity contribution >= 4 is 0 Å². The molecule has 2 aromatic rings. The Morgan fingerprint density at radius 2 is 1.71 bits per heavy atom. The zero-order chi connectivity index (χ0) is 12.3. The van der Waals surface area contributed by atoms with E-state index in [2.05, 4.69) is 0 Å². The van der Waals surface area contributed by atoms with Crippen LogP contribution in [0.25, 0.3) is 0 Å². The number of hydrogen-bond donors (Lipinski definition) is 1. The van der Waals surface area contributed by atoms with Crippen molar-refractivity contribution in [1.29, 1.82) is 0 Å². The molecular formula is C15H16FN. The molecule has 0 radical (unpaired) electrons. The molecule has 88 valence electrons. The smallest absolute Gasteiger partial charge is 0.126 e. The van der Waals surface area contributed by atoms with Crippen LogP contribution in [0.3, 0.4) is 0 Å². The molecule has 1 nitrogen and oxygen atoms in total. The lowest BCUT2D eigenvalue weighted by molar-refractivity contribution is 0.614. The van der Waals surface area contributed by atoms with Crippen LogP contribution in [0.5, 0.6) is 0 Å². The van der Waals surface area contributed by atoms with Gasteiger partial charge in [-0.1, -0.05) is 42.5 Å². The first-order chi connectivity index (χ1) is 8.16. The Morgan fingerprint density at radius 3 is 2.29 bits per heavy atom. The Hall–Kier alpha value is -1.67. The van der Waals surface area contributed by atoms with Gasteiger partial charge in [0, 0.05) is 12.5 Å². The highest BCUT2D eigenvalue weighted by molar-refractivity contribution is 5.30. The molecule has 0 spiro atoms. The lowest BCUT2D eigenvalue weighted by atomic mass is 10.0. The molecule has 2 heteroatoms. The zero-order valence-corrected chi connectivity index (χ0v) is 9.86. The van der Waals surface area contributed by atoms with E-state index in [1.165, 1.54) is 6.07 Å². The Kier molecular flexibility index (Phi) is 3.55. The summed E-state index contributed by atoms with van der Waals surface area (Å²) in [6.07, 6.45) is 0.617. The predicted octanol–water partition coefficient (Wildman–Crippen LogP) is 3.44. The monoisotopic (exact) mass is 229 g/mol. The van der Waals surface area contributed by atoms with Gasteiger partial charge in [-0.25, -0.2) is 4.39 Å². The van der Waals surface area contributed by atoms with Crippen molar-refractivity contribution in [2.24, 2.45) is 5.73 Å². The topological polar surface area (TPSA) is 26.0 Å². The lowest BCUT2D eigenvalue weighted by Crippen LogP contribution is -2.04. The summed E-state index contributed by atoms with van der Waals surface area (Å²) in [6.45, 7) is 1.95. The maximum absolute atomic E-state index is 13.5. The second-order valence-corrected chi connectivity index (χ2v) is 4.30. The van der Waals surface area contributed by atoms with Gasteiger partial charge in [0.15, 0.2) is 0 Å². The first-order valence-corrected chi connectivity index (χ1v) is 5.74. The Morgan fingerprint density at radius 1 is 1.06 bits per heavy atom. The highest BCUT2D eigenvalue weighted by Crippen LogP contribution is 2.15. The van der Waals surface area contributed by atoms with Crippen molar-refractivity contribution in [3.05, 3.63) is 71.0 Å². The van der Waals surface area contributed by atoms with E-state index in [1.807, 2.05) is 43.3 Å². The molecule has 0 aromatic heterocycles. The summed E-state index contributed by atoms with van der Waals surface area (Å²) in [7, 11) is 0. The van der Waals surface area contributed by atoms with Crippen LogP contribution in [-0.2, 0) is 6.42 Å². The van der Waals surface area contributed by atoms with Crippen molar-refractivity contribution in [2.45, 2.75) is 19.4 Å². The largest absolute Gasteiger partial charge is 0.324 e. The van der Waals surface area contributed by atoms with Gasteiger partial charge < -0.3 is 5.73 Å². The molecule has 17 heavy (non-hydrogen) atoms. The second-order valence-electron chi connectivity index (χ2n) is 4.30. The Bertz CT molecular complexity index is 489. The average Bonchev–Trinajstić information content (AvgIpc) is 2.33. The van der Waals surface area contributed by atoms with Crippen LogP contribution in [0.1, 0.15) is 29.7 Å². The molecule has 0 heterocycles.